The van der Waals surface area contributed by atoms with E-state index in [1.54, 1.807) is 11.1 Å². The molecule has 210 valence electrons. The number of aryl methyl sites for hydroxylation is 1. The number of amides is 1. The van der Waals surface area contributed by atoms with Crippen LogP contribution in [0.1, 0.15) is 60.5 Å². The van der Waals surface area contributed by atoms with E-state index in [2.05, 4.69) is 15.3 Å². The molecule has 1 atom stereocenters. The summed E-state index contributed by atoms with van der Waals surface area (Å²) in [7, 11) is 0. The first-order valence-electron chi connectivity index (χ1n) is 13.2. The Balaban J connectivity index is 1.51. The van der Waals surface area contributed by atoms with Gasteiger partial charge in [0, 0.05) is 23.7 Å². The minimum absolute atomic E-state index is 0.0541. The number of alkyl halides is 3. The number of pyridine rings is 1. The molecule has 1 unspecified atom stereocenters. The van der Waals surface area contributed by atoms with E-state index in [4.69, 9.17) is 9.84 Å². The summed E-state index contributed by atoms with van der Waals surface area (Å²) < 4.78 is 58.0. The van der Waals surface area contributed by atoms with Crippen molar-refractivity contribution in [3.63, 3.8) is 0 Å². The summed E-state index contributed by atoms with van der Waals surface area (Å²) in [4.78, 5) is 20.6. The van der Waals surface area contributed by atoms with Gasteiger partial charge < -0.3 is 10.1 Å². The number of fused-ring (bicyclic) bond motifs is 1. The van der Waals surface area contributed by atoms with Gasteiger partial charge in [-0.05, 0) is 61.9 Å². The molecular formula is C29H29F4N5O2. The first-order valence-corrected chi connectivity index (χ1v) is 13.2. The molecule has 11 heteroatoms. The number of hydrazone groups is 1. The fourth-order valence-corrected chi connectivity index (χ4v) is 4.51. The van der Waals surface area contributed by atoms with Crippen LogP contribution in [0.25, 0.3) is 5.70 Å². The number of carbonyl (C=O) groups excluding carboxylic acids is 1. The first-order chi connectivity index (χ1) is 19.1. The standard InChI is InChI=1S/C29H29F4N5O2/c1-17-3-9-24-23(34-12-11-29(31,32)33)15-27(40-21-7-10-26(30)35-16-21)37-38(24)25(13-17)19-4-8-22(18(2)14-19)28(39)36-20-5-6-20/h4,7-10,13-14,16-17,20H,3,5-6,11-12,15H2,1-2H3,(H,36,39). The molecule has 1 aromatic carbocycles. The average Bonchev–Trinajstić information content (AvgIpc) is 3.72. The van der Waals surface area contributed by atoms with Crippen molar-refractivity contribution in [1.29, 1.82) is 0 Å². The number of carbonyl (C=O) groups is 1. The van der Waals surface area contributed by atoms with Crippen LogP contribution in [0.15, 0.2) is 64.5 Å². The molecule has 2 aliphatic heterocycles. The maximum absolute atomic E-state index is 13.3. The molecule has 3 aliphatic rings. The Bertz CT molecular complexity index is 1410. The number of aromatic nitrogens is 1. The fourth-order valence-electron chi connectivity index (χ4n) is 4.51. The van der Waals surface area contributed by atoms with Crippen molar-refractivity contribution < 1.29 is 27.1 Å². The number of hydrogen-bond acceptors (Lipinski definition) is 6. The van der Waals surface area contributed by atoms with Crippen molar-refractivity contribution in [2.75, 3.05) is 6.54 Å². The van der Waals surface area contributed by atoms with Gasteiger partial charge in [0.1, 0.15) is 5.75 Å². The highest BCUT2D eigenvalue weighted by Crippen LogP contribution is 2.35. The largest absolute Gasteiger partial charge is 0.439 e. The summed E-state index contributed by atoms with van der Waals surface area (Å²) in [6.45, 7) is 3.46. The number of nitrogens with zero attached hydrogens (tertiary/aromatic N) is 4. The Labute approximate surface area is 229 Å². The highest BCUT2D eigenvalue weighted by Gasteiger charge is 2.32. The zero-order valence-electron chi connectivity index (χ0n) is 22.1. The molecule has 0 bridgehead atoms. The summed E-state index contributed by atoms with van der Waals surface area (Å²) in [6.07, 6.45) is 2.42. The molecule has 5 rings (SSSR count). The van der Waals surface area contributed by atoms with Gasteiger partial charge in [-0.2, -0.15) is 17.6 Å². The fraction of sp³-hybridized carbons (Fsp3) is 0.379. The van der Waals surface area contributed by atoms with E-state index < -0.39 is 25.1 Å². The van der Waals surface area contributed by atoms with E-state index in [-0.39, 0.29) is 35.9 Å². The second-order valence-corrected chi connectivity index (χ2v) is 10.2. The summed E-state index contributed by atoms with van der Waals surface area (Å²) in [5.41, 5.74) is 3.82. The zero-order chi connectivity index (χ0) is 28.4. The van der Waals surface area contributed by atoms with Crippen molar-refractivity contribution in [2.45, 2.75) is 58.2 Å². The van der Waals surface area contributed by atoms with Gasteiger partial charge in [0.25, 0.3) is 5.91 Å². The average molecular weight is 556 g/mol. The van der Waals surface area contributed by atoms with Gasteiger partial charge in [0.15, 0.2) is 0 Å². The number of halogens is 4. The summed E-state index contributed by atoms with van der Waals surface area (Å²) in [5, 5.41) is 9.34. The molecule has 3 heterocycles. The topological polar surface area (TPSA) is 79.2 Å². The number of nitrogens with one attached hydrogen (secondary N) is 1. The van der Waals surface area contributed by atoms with E-state index in [0.717, 1.165) is 30.0 Å². The van der Waals surface area contributed by atoms with E-state index in [1.807, 2.05) is 38.1 Å². The van der Waals surface area contributed by atoms with Crippen molar-refractivity contribution in [2.24, 2.45) is 16.0 Å². The van der Waals surface area contributed by atoms with E-state index in [0.29, 0.717) is 29.1 Å². The van der Waals surface area contributed by atoms with E-state index in [9.17, 15) is 22.4 Å². The predicted molar refractivity (Wildman–Crippen MR) is 143 cm³/mol. The molecule has 0 saturated heterocycles. The Kier molecular flexibility index (Phi) is 7.73. The van der Waals surface area contributed by atoms with Crippen molar-refractivity contribution in [1.82, 2.24) is 15.3 Å². The minimum Gasteiger partial charge on any atom is -0.439 e. The second kappa shape index (κ2) is 11.2. The number of hydrogen-bond donors (Lipinski definition) is 1. The van der Waals surface area contributed by atoms with Crippen LogP contribution in [0, 0.1) is 18.8 Å². The monoisotopic (exact) mass is 555 g/mol. The maximum Gasteiger partial charge on any atom is 0.390 e. The maximum atomic E-state index is 13.3. The lowest BCUT2D eigenvalue weighted by Gasteiger charge is -2.30. The van der Waals surface area contributed by atoms with Crippen LogP contribution in [0.2, 0.25) is 0 Å². The third kappa shape index (κ3) is 6.75. The van der Waals surface area contributed by atoms with Crippen molar-refractivity contribution in [3.05, 3.63) is 77.0 Å². The van der Waals surface area contributed by atoms with Gasteiger partial charge in [0.2, 0.25) is 11.8 Å². The second-order valence-electron chi connectivity index (χ2n) is 10.2. The Hall–Kier alpha value is -4.02. The number of allylic oxidation sites excluding steroid dienone is 3. The predicted octanol–water partition coefficient (Wildman–Crippen LogP) is 6.18. The van der Waals surface area contributed by atoms with Crippen LogP contribution in [0.5, 0.6) is 5.75 Å². The highest BCUT2D eigenvalue weighted by atomic mass is 19.4. The quantitative estimate of drug-likeness (QED) is 0.341. The summed E-state index contributed by atoms with van der Waals surface area (Å²) in [5.74, 6) is -0.293. The molecule has 1 aromatic heterocycles. The number of rotatable bonds is 6. The Morgan fingerprint density at radius 3 is 2.67 bits per heavy atom. The van der Waals surface area contributed by atoms with Gasteiger partial charge in [-0.25, -0.2) is 9.99 Å². The molecule has 0 spiro atoms. The smallest absolute Gasteiger partial charge is 0.390 e. The van der Waals surface area contributed by atoms with Crippen LogP contribution in [0.3, 0.4) is 0 Å². The molecule has 7 nitrogen and oxygen atoms in total. The molecule has 1 fully saturated rings. The van der Waals surface area contributed by atoms with Crippen LogP contribution in [-0.2, 0) is 0 Å². The summed E-state index contributed by atoms with van der Waals surface area (Å²) >= 11 is 0. The molecule has 1 saturated carbocycles. The SMILES string of the molecule is Cc1cc(C2=CC(C)CC=C3C(=NCCC(F)(F)F)CC(Oc4ccc(F)nc4)=NN32)ccc1C(=O)NC1CC1. The Morgan fingerprint density at radius 2 is 2.00 bits per heavy atom. The molecule has 1 aliphatic carbocycles. The molecule has 0 radical (unpaired) electrons. The number of aliphatic imine (C=N–C) groups is 1. The van der Waals surface area contributed by atoms with Gasteiger partial charge in [-0.15, -0.1) is 5.10 Å². The van der Waals surface area contributed by atoms with Gasteiger partial charge in [-0.3, -0.25) is 9.79 Å². The van der Waals surface area contributed by atoms with Crippen LogP contribution < -0.4 is 10.1 Å². The van der Waals surface area contributed by atoms with Gasteiger partial charge in [0.05, 0.1) is 36.1 Å². The first kappa shape index (κ1) is 27.5. The van der Waals surface area contributed by atoms with Crippen LogP contribution >= 0.6 is 0 Å². The lowest BCUT2D eigenvalue weighted by Crippen LogP contribution is -2.32. The highest BCUT2D eigenvalue weighted by molar-refractivity contribution is 6.13. The van der Waals surface area contributed by atoms with Crippen LogP contribution in [0.4, 0.5) is 17.6 Å². The Morgan fingerprint density at radius 1 is 1.20 bits per heavy atom. The molecule has 1 amide bonds. The van der Waals surface area contributed by atoms with Crippen LogP contribution in [-0.4, -0.2) is 46.3 Å². The van der Waals surface area contributed by atoms with Gasteiger partial charge >= 0.3 is 6.18 Å². The normalized spacial score (nSPS) is 20.2. The molecule has 2 aromatic rings. The zero-order valence-corrected chi connectivity index (χ0v) is 22.1. The lowest BCUT2D eigenvalue weighted by atomic mass is 10.00. The number of benzene rings is 1. The van der Waals surface area contributed by atoms with E-state index >= 15 is 0 Å². The number of ether oxygens (including phenoxy) is 1. The minimum atomic E-state index is -4.34. The van der Waals surface area contributed by atoms with Crippen molar-refractivity contribution >= 4 is 23.2 Å². The molecule has 40 heavy (non-hydrogen) atoms. The van der Waals surface area contributed by atoms with Gasteiger partial charge in [-0.1, -0.05) is 25.1 Å². The molecular weight excluding hydrogens is 526 g/mol. The lowest BCUT2D eigenvalue weighted by molar-refractivity contribution is -0.132. The molecule has 1 N–H and O–H groups in total. The third-order valence-electron chi connectivity index (χ3n) is 6.72. The summed E-state index contributed by atoms with van der Waals surface area (Å²) in [6, 6.07) is 8.29. The van der Waals surface area contributed by atoms with E-state index in [1.165, 1.54) is 12.3 Å². The van der Waals surface area contributed by atoms with Crippen molar-refractivity contribution in [3.8, 4) is 5.75 Å². The third-order valence-corrected chi connectivity index (χ3v) is 6.72.